The van der Waals surface area contributed by atoms with Crippen molar-refractivity contribution >= 4 is 11.9 Å². The van der Waals surface area contributed by atoms with Crippen molar-refractivity contribution in [1.29, 1.82) is 5.26 Å². The van der Waals surface area contributed by atoms with Crippen LogP contribution in [0.4, 0.5) is 0 Å². The molecule has 1 atom stereocenters. The van der Waals surface area contributed by atoms with Gasteiger partial charge in [0, 0.05) is 0 Å². The minimum Gasteiger partial charge on any atom is -0.482 e. The second kappa shape index (κ2) is 9.23. The van der Waals surface area contributed by atoms with E-state index >= 15 is 0 Å². The van der Waals surface area contributed by atoms with Gasteiger partial charge in [0.05, 0.1) is 6.07 Å². The summed E-state index contributed by atoms with van der Waals surface area (Å²) in [6.45, 7) is 3.28. The standard InChI is InChI=1S/C20H26N2O4/c1-3-16-7-9-17(10-8-16)25-13-18(23)26-15(2)19(24)22-20(14-21)11-5-4-6-12-20/h7-10,15H,3-6,11-13H2,1-2H3,(H,22,24). The van der Waals surface area contributed by atoms with Crippen LogP contribution in [0.15, 0.2) is 24.3 Å². The van der Waals surface area contributed by atoms with Crippen LogP contribution in [0.1, 0.15) is 51.5 Å². The zero-order chi connectivity index (χ0) is 19.0. The van der Waals surface area contributed by atoms with Gasteiger partial charge in [0.1, 0.15) is 11.3 Å². The molecule has 140 valence electrons. The average Bonchev–Trinajstić information content (AvgIpc) is 2.67. The Balaban J connectivity index is 1.79. The Labute approximate surface area is 154 Å². The lowest BCUT2D eigenvalue weighted by molar-refractivity contribution is -0.157. The number of amides is 1. The highest BCUT2D eigenvalue weighted by Crippen LogP contribution is 2.27. The van der Waals surface area contributed by atoms with Crippen LogP contribution in [0.25, 0.3) is 0 Å². The third kappa shape index (κ3) is 5.48. The number of nitriles is 1. The SMILES string of the molecule is CCc1ccc(OCC(=O)OC(C)C(=O)NC2(C#N)CCCCC2)cc1. The molecule has 0 saturated heterocycles. The number of nitrogens with one attached hydrogen (secondary N) is 1. The third-order valence-electron chi connectivity index (χ3n) is 4.65. The van der Waals surface area contributed by atoms with Crippen LogP contribution < -0.4 is 10.1 Å². The number of hydrogen-bond donors (Lipinski definition) is 1. The van der Waals surface area contributed by atoms with Crippen molar-refractivity contribution in [2.24, 2.45) is 0 Å². The van der Waals surface area contributed by atoms with Crippen molar-refractivity contribution < 1.29 is 19.1 Å². The maximum Gasteiger partial charge on any atom is 0.344 e. The maximum absolute atomic E-state index is 12.3. The molecule has 1 aromatic rings. The van der Waals surface area contributed by atoms with Crippen LogP contribution in [-0.4, -0.2) is 30.1 Å². The number of benzene rings is 1. The molecule has 1 unspecified atom stereocenters. The van der Waals surface area contributed by atoms with Crippen LogP contribution in [0, 0.1) is 11.3 Å². The molecule has 1 aliphatic rings. The van der Waals surface area contributed by atoms with Gasteiger partial charge in [-0.25, -0.2) is 4.79 Å². The fourth-order valence-electron chi connectivity index (χ4n) is 3.01. The van der Waals surface area contributed by atoms with E-state index in [0.717, 1.165) is 25.7 Å². The molecule has 0 heterocycles. The molecule has 0 bridgehead atoms. The molecule has 1 saturated carbocycles. The number of ether oxygens (including phenoxy) is 2. The van der Waals surface area contributed by atoms with Gasteiger partial charge in [-0.05, 0) is 43.9 Å². The molecule has 0 spiro atoms. The topological polar surface area (TPSA) is 88.4 Å². The Morgan fingerprint density at radius 2 is 1.88 bits per heavy atom. The predicted molar refractivity (Wildman–Crippen MR) is 96.4 cm³/mol. The van der Waals surface area contributed by atoms with Gasteiger partial charge < -0.3 is 14.8 Å². The molecule has 1 fully saturated rings. The number of aryl methyl sites for hydroxylation is 1. The number of esters is 1. The quantitative estimate of drug-likeness (QED) is 0.757. The molecule has 2 rings (SSSR count). The van der Waals surface area contributed by atoms with Gasteiger partial charge in [-0.1, -0.05) is 38.3 Å². The molecule has 1 amide bonds. The van der Waals surface area contributed by atoms with Crippen LogP contribution in [-0.2, 0) is 20.7 Å². The Hall–Kier alpha value is -2.55. The van der Waals surface area contributed by atoms with E-state index in [4.69, 9.17) is 9.47 Å². The van der Waals surface area contributed by atoms with Crippen molar-refractivity contribution in [1.82, 2.24) is 5.32 Å². The fraction of sp³-hybridized carbons (Fsp3) is 0.550. The predicted octanol–water partition coefficient (Wildman–Crippen LogP) is 2.90. The molecular formula is C20H26N2O4. The summed E-state index contributed by atoms with van der Waals surface area (Å²) >= 11 is 0. The zero-order valence-electron chi connectivity index (χ0n) is 15.4. The molecule has 1 aliphatic carbocycles. The van der Waals surface area contributed by atoms with Crippen LogP contribution >= 0.6 is 0 Å². The fourth-order valence-corrected chi connectivity index (χ4v) is 3.01. The largest absolute Gasteiger partial charge is 0.482 e. The molecule has 6 heteroatoms. The second-order valence-corrected chi connectivity index (χ2v) is 6.66. The summed E-state index contributed by atoms with van der Waals surface area (Å²) in [5.74, 6) is -0.502. The van der Waals surface area contributed by atoms with E-state index in [0.29, 0.717) is 18.6 Å². The van der Waals surface area contributed by atoms with E-state index in [2.05, 4.69) is 18.3 Å². The van der Waals surface area contributed by atoms with Crippen molar-refractivity contribution in [3.63, 3.8) is 0 Å². The minimum atomic E-state index is -0.972. The summed E-state index contributed by atoms with van der Waals surface area (Å²) in [7, 11) is 0. The summed E-state index contributed by atoms with van der Waals surface area (Å²) in [6, 6.07) is 9.67. The first-order chi connectivity index (χ1) is 12.5. The molecule has 0 radical (unpaired) electrons. The Morgan fingerprint density at radius 1 is 1.23 bits per heavy atom. The van der Waals surface area contributed by atoms with E-state index in [1.165, 1.54) is 12.5 Å². The minimum absolute atomic E-state index is 0.271. The number of hydrogen-bond acceptors (Lipinski definition) is 5. The van der Waals surface area contributed by atoms with Crippen molar-refractivity contribution in [3.05, 3.63) is 29.8 Å². The van der Waals surface area contributed by atoms with Crippen LogP contribution in [0.3, 0.4) is 0 Å². The van der Waals surface area contributed by atoms with Crippen molar-refractivity contribution in [2.45, 2.75) is 64.0 Å². The molecule has 0 aromatic heterocycles. The van der Waals surface area contributed by atoms with E-state index in [1.807, 2.05) is 12.1 Å². The zero-order valence-corrected chi connectivity index (χ0v) is 15.4. The lowest BCUT2D eigenvalue weighted by atomic mass is 9.83. The summed E-state index contributed by atoms with van der Waals surface area (Å²) in [6.07, 6.45) is 4.11. The first-order valence-electron chi connectivity index (χ1n) is 9.12. The van der Waals surface area contributed by atoms with E-state index < -0.39 is 23.5 Å². The normalized spacial score (nSPS) is 16.8. The van der Waals surface area contributed by atoms with Crippen molar-refractivity contribution in [2.75, 3.05) is 6.61 Å². The maximum atomic E-state index is 12.3. The molecular weight excluding hydrogens is 332 g/mol. The van der Waals surface area contributed by atoms with E-state index in [9.17, 15) is 14.9 Å². The van der Waals surface area contributed by atoms with Gasteiger partial charge in [0.25, 0.3) is 5.91 Å². The average molecular weight is 358 g/mol. The number of carbonyl (C=O) groups is 2. The smallest absolute Gasteiger partial charge is 0.344 e. The van der Waals surface area contributed by atoms with Gasteiger partial charge in [-0.3, -0.25) is 4.79 Å². The lowest BCUT2D eigenvalue weighted by Gasteiger charge is -2.32. The first kappa shape index (κ1) is 19.8. The van der Waals surface area contributed by atoms with Gasteiger partial charge in [0.15, 0.2) is 12.7 Å². The molecule has 1 aromatic carbocycles. The van der Waals surface area contributed by atoms with Gasteiger partial charge in [0.2, 0.25) is 0 Å². The highest BCUT2D eigenvalue weighted by atomic mass is 16.6. The summed E-state index contributed by atoms with van der Waals surface area (Å²) in [5, 5.41) is 12.2. The first-order valence-corrected chi connectivity index (χ1v) is 9.12. The van der Waals surface area contributed by atoms with Gasteiger partial charge in [-0.2, -0.15) is 5.26 Å². The van der Waals surface area contributed by atoms with Crippen LogP contribution in [0.2, 0.25) is 0 Å². The highest BCUT2D eigenvalue weighted by Gasteiger charge is 2.35. The lowest BCUT2D eigenvalue weighted by Crippen LogP contribution is -2.52. The number of carbonyl (C=O) groups excluding carboxylic acids is 2. The molecule has 26 heavy (non-hydrogen) atoms. The second-order valence-electron chi connectivity index (χ2n) is 6.66. The van der Waals surface area contributed by atoms with Gasteiger partial charge >= 0.3 is 5.97 Å². The monoisotopic (exact) mass is 358 g/mol. The summed E-state index contributed by atoms with van der Waals surface area (Å²) < 4.78 is 10.5. The molecule has 1 N–H and O–H groups in total. The highest BCUT2D eigenvalue weighted by molar-refractivity contribution is 5.84. The Kier molecular flexibility index (Phi) is 7.02. The summed E-state index contributed by atoms with van der Waals surface area (Å²) in [4.78, 5) is 24.2. The number of nitrogens with zero attached hydrogens (tertiary/aromatic N) is 1. The van der Waals surface area contributed by atoms with E-state index in [1.54, 1.807) is 12.1 Å². The number of rotatable bonds is 7. The van der Waals surface area contributed by atoms with Gasteiger partial charge in [-0.15, -0.1) is 0 Å². The van der Waals surface area contributed by atoms with Crippen LogP contribution in [0.5, 0.6) is 5.75 Å². The third-order valence-corrected chi connectivity index (χ3v) is 4.65. The molecule has 0 aliphatic heterocycles. The Morgan fingerprint density at radius 3 is 2.46 bits per heavy atom. The summed E-state index contributed by atoms with van der Waals surface area (Å²) in [5.41, 5.74) is 0.340. The Bertz CT molecular complexity index is 657. The molecule has 6 nitrogen and oxygen atoms in total. The van der Waals surface area contributed by atoms with Crippen molar-refractivity contribution in [3.8, 4) is 11.8 Å². The van der Waals surface area contributed by atoms with E-state index in [-0.39, 0.29) is 6.61 Å².